The number of fused-ring (bicyclic) bond motifs is 3. The Balaban J connectivity index is 2.00. The van der Waals surface area contributed by atoms with E-state index >= 15 is 0 Å². The normalized spacial score (nSPS) is 12.4. The lowest BCUT2D eigenvalue weighted by Gasteiger charge is -2.04. The molecule has 1 heteroatoms. The third-order valence-corrected chi connectivity index (χ3v) is 4.25. The Morgan fingerprint density at radius 3 is 2.42 bits per heavy atom. The highest BCUT2D eigenvalue weighted by Crippen LogP contribution is 2.36. The van der Waals surface area contributed by atoms with E-state index in [0.717, 1.165) is 12.0 Å². The van der Waals surface area contributed by atoms with Crippen molar-refractivity contribution in [1.82, 2.24) is 0 Å². The highest BCUT2D eigenvalue weighted by atomic mass is 28.3. The quantitative estimate of drug-likeness (QED) is 0.414. The van der Waals surface area contributed by atoms with Gasteiger partial charge in [0.15, 0.2) is 0 Å². The van der Waals surface area contributed by atoms with Crippen molar-refractivity contribution in [1.29, 1.82) is 0 Å². The predicted octanol–water partition coefficient (Wildman–Crippen LogP) is 4.49. The SMILES string of the molecule is C[Si](C)(C)C#Cc1ccc2c(c1)Cc1ccccc1-2. The van der Waals surface area contributed by atoms with E-state index in [1.165, 1.54) is 22.3 Å². The molecule has 0 bridgehead atoms. The maximum absolute atomic E-state index is 3.44. The zero-order valence-electron chi connectivity index (χ0n) is 11.7. The summed E-state index contributed by atoms with van der Waals surface area (Å²) in [6, 6.07) is 15.3. The Bertz CT molecular complexity index is 694. The second kappa shape index (κ2) is 4.40. The second-order valence-corrected chi connectivity index (χ2v) is 11.0. The van der Waals surface area contributed by atoms with Gasteiger partial charge < -0.3 is 0 Å². The maximum Gasteiger partial charge on any atom is 0.129 e. The summed E-state index contributed by atoms with van der Waals surface area (Å²) >= 11 is 0. The molecule has 0 saturated heterocycles. The molecule has 0 N–H and O–H groups in total. The summed E-state index contributed by atoms with van der Waals surface area (Å²) in [5.74, 6) is 3.35. The maximum atomic E-state index is 3.44. The van der Waals surface area contributed by atoms with Crippen molar-refractivity contribution < 1.29 is 0 Å². The van der Waals surface area contributed by atoms with Crippen molar-refractivity contribution in [2.24, 2.45) is 0 Å². The second-order valence-electron chi connectivity index (χ2n) is 6.21. The number of rotatable bonds is 0. The Morgan fingerprint density at radius 2 is 1.63 bits per heavy atom. The van der Waals surface area contributed by atoms with Gasteiger partial charge >= 0.3 is 0 Å². The van der Waals surface area contributed by atoms with E-state index in [4.69, 9.17) is 0 Å². The lowest BCUT2D eigenvalue weighted by molar-refractivity contribution is 1.26. The van der Waals surface area contributed by atoms with Crippen LogP contribution < -0.4 is 0 Å². The van der Waals surface area contributed by atoms with E-state index in [1.807, 2.05) is 0 Å². The van der Waals surface area contributed by atoms with Crippen LogP contribution in [-0.2, 0) is 6.42 Å². The molecule has 94 valence electrons. The van der Waals surface area contributed by atoms with Crippen LogP contribution in [0.1, 0.15) is 16.7 Å². The molecule has 0 atom stereocenters. The molecule has 0 radical (unpaired) electrons. The fourth-order valence-electron chi connectivity index (χ4n) is 2.48. The minimum atomic E-state index is -1.29. The molecular weight excluding hydrogens is 244 g/mol. The van der Waals surface area contributed by atoms with E-state index in [1.54, 1.807) is 0 Å². The van der Waals surface area contributed by atoms with Crippen LogP contribution in [0.4, 0.5) is 0 Å². The molecule has 0 heterocycles. The summed E-state index contributed by atoms with van der Waals surface area (Å²) in [4.78, 5) is 0. The fourth-order valence-corrected chi connectivity index (χ4v) is 3.00. The van der Waals surface area contributed by atoms with Crippen LogP contribution in [0.2, 0.25) is 19.6 Å². The number of hydrogen-bond acceptors (Lipinski definition) is 0. The van der Waals surface area contributed by atoms with Gasteiger partial charge in [-0.1, -0.05) is 55.9 Å². The fraction of sp³-hybridized carbons (Fsp3) is 0.222. The molecule has 0 amide bonds. The Labute approximate surface area is 116 Å². The van der Waals surface area contributed by atoms with Crippen LogP contribution in [0.25, 0.3) is 11.1 Å². The van der Waals surface area contributed by atoms with Crippen molar-refractivity contribution in [3.8, 4) is 22.6 Å². The van der Waals surface area contributed by atoms with E-state index in [0.29, 0.717) is 0 Å². The van der Waals surface area contributed by atoms with Gasteiger partial charge in [0, 0.05) is 5.56 Å². The molecule has 0 unspecified atom stereocenters. The summed E-state index contributed by atoms with van der Waals surface area (Å²) in [5, 5.41) is 0. The Kier molecular flexibility index (Phi) is 2.84. The van der Waals surface area contributed by atoms with E-state index < -0.39 is 8.07 Å². The zero-order chi connectivity index (χ0) is 13.5. The molecule has 2 aromatic carbocycles. The molecule has 1 aliphatic carbocycles. The van der Waals surface area contributed by atoms with Crippen LogP contribution in [-0.4, -0.2) is 8.07 Å². The first-order valence-electron chi connectivity index (χ1n) is 6.77. The summed E-state index contributed by atoms with van der Waals surface area (Å²) in [6.07, 6.45) is 1.05. The van der Waals surface area contributed by atoms with Crippen LogP contribution in [0, 0.1) is 11.5 Å². The van der Waals surface area contributed by atoms with Crippen LogP contribution >= 0.6 is 0 Å². The Morgan fingerprint density at radius 1 is 0.895 bits per heavy atom. The molecule has 0 aliphatic heterocycles. The molecule has 3 rings (SSSR count). The monoisotopic (exact) mass is 262 g/mol. The topological polar surface area (TPSA) is 0 Å². The molecule has 0 saturated carbocycles. The Hall–Kier alpha value is -1.78. The highest BCUT2D eigenvalue weighted by molar-refractivity contribution is 6.83. The third kappa shape index (κ3) is 2.50. The van der Waals surface area contributed by atoms with Gasteiger partial charge in [-0.05, 0) is 40.8 Å². The van der Waals surface area contributed by atoms with Gasteiger partial charge in [0.25, 0.3) is 0 Å². The summed E-state index contributed by atoms with van der Waals surface area (Å²) in [5.41, 5.74) is 10.2. The van der Waals surface area contributed by atoms with Crippen molar-refractivity contribution in [2.75, 3.05) is 0 Å². The highest BCUT2D eigenvalue weighted by Gasteiger charge is 2.17. The van der Waals surface area contributed by atoms with Gasteiger partial charge in [-0.15, -0.1) is 5.54 Å². The molecule has 2 aromatic rings. The average Bonchev–Trinajstić information content (AvgIpc) is 2.73. The zero-order valence-corrected chi connectivity index (χ0v) is 12.7. The first kappa shape index (κ1) is 12.3. The largest absolute Gasteiger partial charge is 0.129 e. The third-order valence-electron chi connectivity index (χ3n) is 3.38. The van der Waals surface area contributed by atoms with E-state index in [2.05, 4.69) is 73.6 Å². The summed E-state index contributed by atoms with van der Waals surface area (Å²) in [7, 11) is -1.29. The first-order chi connectivity index (χ1) is 9.03. The number of benzene rings is 2. The molecule has 0 aromatic heterocycles. The van der Waals surface area contributed by atoms with Gasteiger partial charge in [0.05, 0.1) is 0 Å². The van der Waals surface area contributed by atoms with Crippen LogP contribution in [0.3, 0.4) is 0 Å². The molecule has 19 heavy (non-hydrogen) atoms. The van der Waals surface area contributed by atoms with Crippen molar-refractivity contribution in [3.05, 3.63) is 59.2 Å². The van der Waals surface area contributed by atoms with E-state index in [-0.39, 0.29) is 0 Å². The van der Waals surface area contributed by atoms with Crippen molar-refractivity contribution in [2.45, 2.75) is 26.1 Å². The molecule has 0 nitrogen and oxygen atoms in total. The van der Waals surface area contributed by atoms with Gasteiger partial charge in [0.2, 0.25) is 0 Å². The van der Waals surface area contributed by atoms with Gasteiger partial charge in [-0.2, -0.15) is 0 Å². The lowest BCUT2D eigenvalue weighted by atomic mass is 10.0. The molecule has 0 fully saturated rings. The van der Waals surface area contributed by atoms with E-state index in [9.17, 15) is 0 Å². The van der Waals surface area contributed by atoms with Gasteiger partial charge in [0.1, 0.15) is 8.07 Å². The van der Waals surface area contributed by atoms with Crippen LogP contribution in [0.5, 0.6) is 0 Å². The van der Waals surface area contributed by atoms with Crippen molar-refractivity contribution >= 4 is 8.07 Å². The standard InChI is InChI=1S/C18H18Si/c1-19(2,3)11-10-14-8-9-18-16(12-14)13-15-6-4-5-7-17(15)18/h4-9,12H,13H2,1-3H3. The average molecular weight is 262 g/mol. The smallest absolute Gasteiger partial charge is 0.127 e. The molecule has 0 spiro atoms. The minimum Gasteiger partial charge on any atom is -0.127 e. The van der Waals surface area contributed by atoms with Gasteiger partial charge in [-0.3, -0.25) is 0 Å². The minimum absolute atomic E-state index is 1.05. The van der Waals surface area contributed by atoms with Crippen LogP contribution in [0.15, 0.2) is 42.5 Å². The lowest BCUT2D eigenvalue weighted by Crippen LogP contribution is -2.16. The molecular formula is C18H18Si. The molecule has 1 aliphatic rings. The van der Waals surface area contributed by atoms with Crippen molar-refractivity contribution in [3.63, 3.8) is 0 Å². The summed E-state index contributed by atoms with van der Waals surface area (Å²) < 4.78 is 0. The predicted molar refractivity (Wildman–Crippen MR) is 84.9 cm³/mol. The summed E-state index contributed by atoms with van der Waals surface area (Å²) in [6.45, 7) is 6.84. The first-order valence-corrected chi connectivity index (χ1v) is 10.3. The number of hydrogen-bond donors (Lipinski definition) is 0. The van der Waals surface area contributed by atoms with Gasteiger partial charge in [-0.25, -0.2) is 0 Å².